The van der Waals surface area contributed by atoms with Crippen molar-refractivity contribution in [3.05, 3.63) is 33.6 Å². The highest BCUT2D eigenvalue weighted by Crippen LogP contribution is 2.28. The van der Waals surface area contributed by atoms with Gasteiger partial charge in [0.05, 0.1) is 4.88 Å². The van der Waals surface area contributed by atoms with Crippen LogP contribution in [0.4, 0.5) is 0 Å². The van der Waals surface area contributed by atoms with Gasteiger partial charge >= 0.3 is 10.2 Å². The third-order valence-corrected chi connectivity index (χ3v) is 5.91. The van der Waals surface area contributed by atoms with Crippen molar-refractivity contribution in [2.45, 2.75) is 13.3 Å². The standard InChI is InChI=1S/C13H15BrN2O3S2/c1-3-6-16(2)21(18,19)15-13(17)12-7-9-4-5-10(14)8-11(9)20-12/h4-5,7-8H,3,6H2,1-2H3,(H,15,17). The number of halogens is 1. The van der Waals surface area contributed by atoms with E-state index in [4.69, 9.17) is 0 Å². The highest BCUT2D eigenvalue weighted by atomic mass is 79.9. The molecule has 1 N–H and O–H groups in total. The second-order valence-electron chi connectivity index (χ2n) is 4.55. The number of carbonyl (C=O) groups is 1. The monoisotopic (exact) mass is 390 g/mol. The van der Waals surface area contributed by atoms with Gasteiger partial charge in [0.1, 0.15) is 0 Å². The van der Waals surface area contributed by atoms with Gasteiger partial charge in [0.25, 0.3) is 5.91 Å². The van der Waals surface area contributed by atoms with Gasteiger partial charge in [0.15, 0.2) is 0 Å². The lowest BCUT2D eigenvalue weighted by atomic mass is 10.2. The molecule has 1 amide bonds. The first-order valence-corrected chi connectivity index (χ1v) is 9.36. The number of nitrogens with one attached hydrogen (secondary N) is 1. The molecule has 0 unspecified atom stereocenters. The number of carbonyl (C=O) groups excluding carboxylic acids is 1. The summed E-state index contributed by atoms with van der Waals surface area (Å²) >= 11 is 4.63. The predicted molar refractivity (Wildman–Crippen MR) is 88.8 cm³/mol. The van der Waals surface area contributed by atoms with E-state index in [1.54, 1.807) is 6.07 Å². The van der Waals surface area contributed by atoms with Crippen LogP contribution in [-0.4, -0.2) is 32.2 Å². The molecule has 0 radical (unpaired) electrons. The van der Waals surface area contributed by atoms with Crippen molar-refractivity contribution < 1.29 is 13.2 Å². The van der Waals surface area contributed by atoms with E-state index in [2.05, 4.69) is 20.7 Å². The minimum Gasteiger partial charge on any atom is -0.267 e. The Morgan fingerprint density at radius 2 is 2.10 bits per heavy atom. The molecule has 0 fully saturated rings. The summed E-state index contributed by atoms with van der Waals surface area (Å²) in [6.07, 6.45) is 0.683. The Bertz CT molecular complexity index is 771. The summed E-state index contributed by atoms with van der Waals surface area (Å²) in [7, 11) is -2.34. The molecule has 0 aliphatic carbocycles. The molecular weight excluding hydrogens is 376 g/mol. The zero-order chi connectivity index (χ0) is 15.6. The van der Waals surface area contributed by atoms with Crippen molar-refractivity contribution in [1.29, 1.82) is 0 Å². The van der Waals surface area contributed by atoms with Gasteiger partial charge in [-0.05, 0) is 30.0 Å². The highest BCUT2D eigenvalue weighted by molar-refractivity contribution is 9.10. The fraction of sp³-hybridized carbons (Fsp3) is 0.308. The summed E-state index contributed by atoms with van der Waals surface area (Å²) in [5, 5.41) is 0.910. The minimum absolute atomic E-state index is 0.363. The van der Waals surface area contributed by atoms with Crippen molar-refractivity contribution in [3.63, 3.8) is 0 Å². The van der Waals surface area contributed by atoms with Crippen molar-refractivity contribution >= 4 is 53.5 Å². The Morgan fingerprint density at radius 1 is 1.38 bits per heavy atom. The summed E-state index contributed by atoms with van der Waals surface area (Å²) < 4.78 is 29.0. The van der Waals surface area contributed by atoms with Crippen LogP contribution in [0.2, 0.25) is 0 Å². The molecule has 1 heterocycles. The highest BCUT2D eigenvalue weighted by Gasteiger charge is 2.21. The van der Waals surface area contributed by atoms with E-state index in [1.807, 2.05) is 25.1 Å². The topological polar surface area (TPSA) is 66.5 Å². The van der Waals surface area contributed by atoms with Gasteiger partial charge in [0, 0.05) is 22.8 Å². The second-order valence-corrected chi connectivity index (χ2v) is 8.33. The average Bonchev–Trinajstić information content (AvgIpc) is 2.81. The SMILES string of the molecule is CCCN(C)S(=O)(=O)NC(=O)c1cc2ccc(Br)cc2s1. The van der Waals surface area contributed by atoms with Crippen LogP contribution in [0.25, 0.3) is 10.1 Å². The third kappa shape index (κ3) is 3.82. The van der Waals surface area contributed by atoms with Crippen molar-refractivity contribution in [3.8, 4) is 0 Å². The van der Waals surface area contributed by atoms with Crippen LogP contribution in [0, 0.1) is 0 Å². The molecule has 0 spiro atoms. The molecule has 114 valence electrons. The molecule has 1 aromatic carbocycles. The third-order valence-electron chi connectivity index (χ3n) is 2.88. The molecule has 2 aromatic rings. The molecule has 0 saturated heterocycles. The number of fused-ring (bicyclic) bond motifs is 1. The van der Waals surface area contributed by atoms with Gasteiger partial charge in [-0.15, -0.1) is 11.3 Å². The number of benzene rings is 1. The molecule has 8 heteroatoms. The molecule has 0 aliphatic rings. The van der Waals surface area contributed by atoms with Crippen LogP contribution < -0.4 is 4.72 Å². The fourth-order valence-corrected chi connectivity index (χ4v) is 4.29. The number of thiophene rings is 1. The Hall–Kier alpha value is -0.960. The summed E-state index contributed by atoms with van der Waals surface area (Å²) in [6, 6.07) is 7.35. The normalized spacial score (nSPS) is 12.0. The zero-order valence-corrected chi connectivity index (χ0v) is 14.8. The van der Waals surface area contributed by atoms with E-state index in [1.165, 1.54) is 18.4 Å². The Labute approximate surface area is 136 Å². The van der Waals surface area contributed by atoms with Crippen LogP contribution in [0.5, 0.6) is 0 Å². The predicted octanol–water partition coefficient (Wildman–Crippen LogP) is 2.98. The van der Waals surface area contributed by atoms with E-state index < -0.39 is 16.1 Å². The number of hydrogen-bond donors (Lipinski definition) is 1. The number of hydrogen-bond acceptors (Lipinski definition) is 4. The smallest absolute Gasteiger partial charge is 0.267 e. The van der Waals surface area contributed by atoms with E-state index in [9.17, 15) is 13.2 Å². The number of nitrogens with zero attached hydrogens (tertiary/aromatic N) is 1. The summed E-state index contributed by atoms with van der Waals surface area (Å²) in [5.74, 6) is -0.602. The summed E-state index contributed by atoms with van der Waals surface area (Å²) in [4.78, 5) is 12.5. The molecule has 1 aromatic heterocycles. The van der Waals surface area contributed by atoms with E-state index >= 15 is 0 Å². The maximum Gasteiger partial charge on any atom is 0.303 e. The Balaban J connectivity index is 2.22. The summed E-state index contributed by atoms with van der Waals surface area (Å²) in [5.41, 5.74) is 0. The first-order valence-electron chi connectivity index (χ1n) is 6.31. The molecule has 5 nitrogen and oxygen atoms in total. The van der Waals surface area contributed by atoms with E-state index in [0.717, 1.165) is 18.9 Å². The maximum absolute atomic E-state index is 12.1. The molecule has 0 atom stereocenters. The van der Waals surface area contributed by atoms with Gasteiger partial charge in [0.2, 0.25) is 0 Å². The summed E-state index contributed by atoms with van der Waals surface area (Å²) in [6.45, 7) is 2.24. The quantitative estimate of drug-likeness (QED) is 0.852. The fourth-order valence-electron chi connectivity index (χ4n) is 1.80. The lowest BCUT2D eigenvalue weighted by Crippen LogP contribution is -2.41. The number of amides is 1. The van der Waals surface area contributed by atoms with Crippen LogP contribution in [0.15, 0.2) is 28.7 Å². The van der Waals surface area contributed by atoms with Crippen LogP contribution >= 0.6 is 27.3 Å². The van der Waals surface area contributed by atoms with E-state index in [0.29, 0.717) is 17.8 Å². The van der Waals surface area contributed by atoms with Gasteiger partial charge in [-0.25, -0.2) is 4.72 Å². The van der Waals surface area contributed by atoms with Crippen molar-refractivity contribution in [2.75, 3.05) is 13.6 Å². The molecule has 0 aliphatic heterocycles. The number of rotatable bonds is 5. The first-order chi connectivity index (χ1) is 9.83. The first kappa shape index (κ1) is 16.4. The zero-order valence-electron chi connectivity index (χ0n) is 11.6. The molecule has 0 bridgehead atoms. The Morgan fingerprint density at radius 3 is 2.76 bits per heavy atom. The van der Waals surface area contributed by atoms with E-state index in [-0.39, 0.29) is 0 Å². The van der Waals surface area contributed by atoms with Crippen molar-refractivity contribution in [1.82, 2.24) is 9.03 Å². The maximum atomic E-state index is 12.1. The lowest BCUT2D eigenvalue weighted by Gasteiger charge is -2.16. The second kappa shape index (κ2) is 6.43. The molecule has 2 rings (SSSR count). The van der Waals surface area contributed by atoms with Crippen LogP contribution in [0.3, 0.4) is 0 Å². The van der Waals surface area contributed by atoms with Crippen molar-refractivity contribution in [2.24, 2.45) is 0 Å². The molecule has 21 heavy (non-hydrogen) atoms. The van der Waals surface area contributed by atoms with Gasteiger partial charge < -0.3 is 0 Å². The Kier molecular flexibility index (Phi) is 5.03. The molecular formula is C13H15BrN2O3S2. The van der Waals surface area contributed by atoms with Gasteiger partial charge in [-0.1, -0.05) is 28.9 Å². The van der Waals surface area contributed by atoms with Gasteiger partial charge in [-0.2, -0.15) is 12.7 Å². The van der Waals surface area contributed by atoms with Gasteiger partial charge in [-0.3, -0.25) is 4.79 Å². The minimum atomic E-state index is -3.78. The van der Waals surface area contributed by atoms with Crippen LogP contribution in [-0.2, 0) is 10.2 Å². The molecule has 0 saturated carbocycles. The lowest BCUT2D eigenvalue weighted by molar-refractivity contribution is 0.0983. The van der Waals surface area contributed by atoms with Crippen LogP contribution in [0.1, 0.15) is 23.0 Å². The largest absolute Gasteiger partial charge is 0.303 e. The average molecular weight is 391 g/mol.